The van der Waals surface area contributed by atoms with Crippen molar-refractivity contribution in [3.8, 4) is 0 Å². The maximum absolute atomic E-state index is 12.5. The van der Waals surface area contributed by atoms with Gasteiger partial charge in [-0.2, -0.15) is 0 Å². The zero-order valence-electron chi connectivity index (χ0n) is 14.4. The van der Waals surface area contributed by atoms with Gasteiger partial charge in [0.05, 0.1) is 4.92 Å². The van der Waals surface area contributed by atoms with Crippen LogP contribution in [0.2, 0.25) is 0 Å². The number of carboxylic acids is 1. The van der Waals surface area contributed by atoms with Crippen molar-refractivity contribution in [2.45, 2.75) is 31.3 Å². The fourth-order valence-corrected chi connectivity index (χ4v) is 2.69. The number of hydrogen-bond acceptors (Lipinski definition) is 5. The molecule has 1 saturated carbocycles. The van der Waals surface area contributed by atoms with Crippen molar-refractivity contribution in [1.82, 2.24) is 5.32 Å². The monoisotopic (exact) mass is 369 g/mol. The van der Waals surface area contributed by atoms with Crippen LogP contribution in [0.15, 0.2) is 48.5 Å². The molecule has 0 aromatic heterocycles. The number of carbonyl (C=O) groups is 2. The van der Waals surface area contributed by atoms with E-state index in [-0.39, 0.29) is 23.7 Å². The molecule has 1 aliphatic carbocycles. The van der Waals surface area contributed by atoms with Crippen molar-refractivity contribution in [3.63, 3.8) is 0 Å². The summed E-state index contributed by atoms with van der Waals surface area (Å²) < 4.78 is 0. The van der Waals surface area contributed by atoms with E-state index in [0.717, 1.165) is 18.4 Å². The molecule has 1 amide bonds. The molecule has 27 heavy (non-hydrogen) atoms. The highest BCUT2D eigenvalue weighted by molar-refractivity contribution is 5.98. The number of benzene rings is 2. The summed E-state index contributed by atoms with van der Waals surface area (Å²) in [5, 5.41) is 26.2. The number of aliphatic carboxylic acids is 1. The molecule has 0 heterocycles. The van der Waals surface area contributed by atoms with Gasteiger partial charge < -0.3 is 15.7 Å². The van der Waals surface area contributed by atoms with Crippen molar-refractivity contribution in [3.05, 3.63) is 69.8 Å². The van der Waals surface area contributed by atoms with Gasteiger partial charge in [0.25, 0.3) is 11.6 Å². The Bertz CT molecular complexity index is 865. The number of nitrogens with zero attached hydrogens (tertiary/aromatic N) is 1. The number of carbonyl (C=O) groups excluding carboxylic acids is 1. The molecule has 0 aliphatic heterocycles. The predicted molar refractivity (Wildman–Crippen MR) is 98.8 cm³/mol. The van der Waals surface area contributed by atoms with Crippen LogP contribution in [0.3, 0.4) is 0 Å². The predicted octanol–water partition coefficient (Wildman–Crippen LogP) is 2.59. The summed E-state index contributed by atoms with van der Waals surface area (Å²) in [6.07, 6.45) is 2.03. The molecular formula is C19H19N3O5. The van der Waals surface area contributed by atoms with Gasteiger partial charge in [-0.3, -0.25) is 14.9 Å². The second-order valence-electron chi connectivity index (χ2n) is 6.46. The number of carboxylic acid groups (broad SMARTS) is 1. The molecule has 3 N–H and O–H groups in total. The molecular weight excluding hydrogens is 350 g/mol. The van der Waals surface area contributed by atoms with E-state index in [9.17, 15) is 24.8 Å². The fourth-order valence-electron chi connectivity index (χ4n) is 2.69. The number of amides is 1. The van der Waals surface area contributed by atoms with Crippen molar-refractivity contribution in [2.75, 3.05) is 5.32 Å². The van der Waals surface area contributed by atoms with Crippen LogP contribution < -0.4 is 10.6 Å². The van der Waals surface area contributed by atoms with Gasteiger partial charge in [-0.25, -0.2) is 4.79 Å². The molecule has 0 unspecified atom stereocenters. The van der Waals surface area contributed by atoms with E-state index in [1.165, 1.54) is 18.2 Å². The number of nitro benzene ring substituents is 1. The summed E-state index contributed by atoms with van der Waals surface area (Å²) in [5.41, 5.74) is 0.963. The van der Waals surface area contributed by atoms with Crippen LogP contribution >= 0.6 is 0 Å². The second-order valence-corrected chi connectivity index (χ2v) is 6.46. The SMILES string of the molecule is O=C(N[C@H](Cc1ccccc1)C(=O)O)c1ccc(NC2CC2)c([N+](=O)[O-])c1. The Morgan fingerprint density at radius 1 is 1.19 bits per heavy atom. The molecule has 8 heteroatoms. The normalized spacial score (nSPS) is 14.2. The molecule has 1 fully saturated rings. The van der Waals surface area contributed by atoms with Crippen LogP contribution in [0.4, 0.5) is 11.4 Å². The lowest BCUT2D eigenvalue weighted by atomic mass is 10.1. The average molecular weight is 369 g/mol. The maximum Gasteiger partial charge on any atom is 0.326 e. The molecule has 140 valence electrons. The lowest BCUT2D eigenvalue weighted by Gasteiger charge is -2.15. The highest BCUT2D eigenvalue weighted by Gasteiger charge is 2.26. The summed E-state index contributed by atoms with van der Waals surface area (Å²) >= 11 is 0. The molecule has 0 spiro atoms. The van der Waals surface area contributed by atoms with Crippen LogP contribution in [0.5, 0.6) is 0 Å². The minimum atomic E-state index is -1.17. The molecule has 8 nitrogen and oxygen atoms in total. The second kappa shape index (κ2) is 7.86. The number of rotatable bonds is 8. The molecule has 3 rings (SSSR count). The number of anilines is 1. The Hall–Kier alpha value is -3.42. The van der Waals surface area contributed by atoms with Crippen LogP contribution in [0, 0.1) is 10.1 Å². The molecule has 0 bridgehead atoms. The van der Waals surface area contributed by atoms with Gasteiger partial charge in [-0.1, -0.05) is 30.3 Å². The Balaban J connectivity index is 1.76. The third-order valence-corrected chi connectivity index (χ3v) is 4.28. The van der Waals surface area contributed by atoms with Gasteiger partial charge in [0.1, 0.15) is 11.7 Å². The third kappa shape index (κ3) is 4.81. The van der Waals surface area contributed by atoms with Crippen LogP contribution in [0.25, 0.3) is 0 Å². The molecule has 0 saturated heterocycles. The van der Waals surface area contributed by atoms with Gasteiger partial charge in [-0.15, -0.1) is 0 Å². The lowest BCUT2D eigenvalue weighted by Crippen LogP contribution is -2.42. The topological polar surface area (TPSA) is 122 Å². The Morgan fingerprint density at radius 3 is 2.48 bits per heavy atom. The quantitative estimate of drug-likeness (QED) is 0.486. The van der Waals surface area contributed by atoms with E-state index in [1.807, 2.05) is 6.07 Å². The standard InChI is InChI=1S/C19H19N3O5/c23-18(21-16(19(24)25)10-12-4-2-1-3-5-12)13-6-9-15(20-14-7-8-14)17(11-13)22(26)27/h1-6,9,11,14,16,20H,7-8,10H2,(H,21,23)(H,24,25)/t16-/m1/s1. The fraction of sp³-hybridized carbons (Fsp3) is 0.263. The van der Waals surface area contributed by atoms with Crippen molar-refractivity contribution in [2.24, 2.45) is 0 Å². The Kier molecular flexibility index (Phi) is 5.35. The van der Waals surface area contributed by atoms with E-state index in [4.69, 9.17) is 0 Å². The van der Waals surface area contributed by atoms with Crippen molar-refractivity contribution in [1.29, 1.82) is 0 Å². The zero-order valence-corrected chi connectivity index (χ0v) is 14.4. The van der Waals surface area contributed by atoms with Gasteiger partial charge in [0.15, 0.2) is 0 Å². The highest BCUT2D eigenvalue weighted by atomic mass is 16.6. The molecule has 1 atom stereocenters. The van der Waals surface area contributed by atoms with Crippen molar-refractivity contribution >= 4 is 23.3 Å². The van der Waals surface area contributed by atoms with Crippen molar-refractivity contribution < 1.29 is 19.6 Å². The minimum absolute atomic E-state index is 0.0439. The summed E-state index contributed by atoms with van der Waals surface area (Å²) in [6.45, 7) is 0. The molecule has 0 radical (unpaired) electrons. The summed E-state index contributed by atoms with van der Waals surface area (Å²) in [7, 11) is 0. The first-order valence-electron chi connectivity index (χ1n) is 8.56. The summed E-state index contributed by atoms with van der Waals surface area (Å²) in [4.78, 5) is 34.7. The molecule has 1 aliphatic rings. The van der Waals surface area contributed by atoms with Crippen LogP contribution in [0.1, 0.15) is 28.8 Å². The number of hydrogen-bond donors (Lipinski definition) is 3. The first-order chi connectivity index (χ1) is 12.9. The van der Waals surface area contributed by atoms with Gasteiger partial charge >= 0.3 is 5.97 Å². The third-order valence-electron chi connectivity index (χ3n) is 4.28. The minimum Gasteiger partial charge on any atom is -0.480 e. The van der Waals surface area contributed by atoms with Gasteiger partial charge in [0.2, 0.25) is 0 Å². The Labute approximate surface area is 155 Å². The van der Waals surface area contributed by atoms with Gasteiger partial charge in [0, 0.05) is 24.1 Å². The first kappa shape index (κ1) is 18.4. The van der Waals surface area contributed by atoms with E-state index in [0.29, 0.717) is 5.69 Å². The zero-order chi connectivity index (χ0) is 19.4. The summed E-state index contributed by atoms with van der Waals surface area (Å²) in [5.74, 6) is -1.84. The molecule has 2 aromatic rings. The lowest BCUT2D eigenvalue weighted by molar-refractivity contribution is -0.384. The maximum atomic E-state index is 12.5. The van der Waals surface area contributed by atoms with Crippen LogP contribution in [-0.2, 0) is 11.2 Å². The van der Waals surface area contributed by atoms with Gasteiger partial charge in [-0.05, 0) is 30.5 Å². The van der Waals surface area contributed by atoms with E-state index < -0.39 is 22.8 Å². The Morgan fingerprint density at radius 2 is 1.89 bits per heavy atom. The first-order valence-corrected chi connectivity index (χ1v) is 8.56. The van der Waals surface area contributed by atoms with Crippen LogP contribution in [-0.4, -0.2) is 34.0 Å². The summed E-state index contributed by atoms with van der Waals surface area (Å²) in [6, 6.07) is 12.1. The van der Waals surface area contributed by atoms with E-state index in [2.05, 4.69) is 10.6 Å². The highest BCUT2D eigenvalue weighted by Crippen LogP contribution is 2.31. The number of nitro groups is 1. The average Bonchev–Trinajstić information content (AvgIpc) is 3.46. The molecule has 2 aromatic carbocycles. The smallest absolute Gasteiger partial charge is 0.326 e. The largest absolute Gasteiger partial charge is 0.480 e. The number of nitrogens with one attached hydrogen (secondary N) is 2. The van der Waals surface area contributed by atoms with E-state index in [1.54, 1.807) is 24.3 Å². The van der Waals surface area contributed by atoms with E-state index >= 15 is 0 Å².